The first-order valence-electron chi connectivity index (χ1n) is 9.25. The maximum Gasteiger partial charge on any atom is 0.222 e. The summed E-state index contributed by atoms with van der Waals surface area (Å²) in [6, 6.07) is 3.59. The fourth-order valence-corrected chi connectivity index (χ4v) is 3.99. The van der Waals surface area contributed by atoms with Gasteiger partial charge in [0.2, 0.25) is 5.91 Å². The van der Waals surface area contributed by atoms with E-state index in [1.54, 1.807) is 39.1 Å². The topological polar surface area (TPSA) is 79.4 Å². The minimum absolute atomic E-state index is 0.102. The monoisotopic (exact) mass is 381 g/mol. The lowest BCUT2D eigenvalue weighted by Crippen LogP contribution is -2.42. The number of aromatic nitrogens is 1. The molecule has 26 heavy (non-hydrogen) atoms. The number of likely N-dealkylation sites (tertiary alicyclic amines) is 1. The van der Waals surface area contributed by atoms with Gasteiger partial charge in [-0.2, -0.15) is 0 Å². The Hall–Kier alpha value is -1.63. The minimum atomic E-state index is -3.44. The van der Waals surface area contributed by atoms with Crippen LogP contribution in [0.3, 0.4) is 0 Å². The van der Waals surface area contributed by atoms with Gasteiger partial charge in [0.15, 0.2) is 14.9 Å². The molecule has 1 N–H and O–H groups in total. The summed E-state index contributed by atoms with van der Waals surface area (Å²) < 4.78 is 24.0. The third-order valence-electron chi connectivity index (χ3n) is 4.62. The molecule has 1 aromatic rings. The lowest BCUT2D eigenvalue weighted by molar-refractivity contribution is -0.132. The molecule has 1 saturated heterocycles. The normalized spacial score (nSPS) is 16.8. The lowest BCUT2D eigenvalue weighted by Gasteiger charge is -2.33. The first-order valence-corrected chi connectivity index (χ1v) is 10.7. The van der Waals surface area contributed by atoms with Crippen molar-refractivity contribution in [3.8, 4) is 0 Å². The van der Waals surface area contributed by atoms with Gasteiger partial charge in [0, 0.05) is 25.6 Å². The van der Waals surface area contributed by atoms with E-state index in [4.69, 9.17) is 0 Å². The fraction of sp³-hybridized carbons (Fsp3) is 0.684. The highest BCUT2D eigenvalue weighted by molar-refractivity contribution is 7.92. The number of carbonyl (C=O) groups excluding carboxylic acids is 1. The number of anilines is 1. The van der Waals surface area contributed by atoms with E-state index in [0.717, 1.165) is 31.6 Å². The van der Waals surface area contributed by atoms with Gasteiger partial charge in [-0.15, -0.1) is 0 Å². The van der Waals surface area contributed by atoms with Crippen molar-refractivity contribution >= 4 is 21.4 Å². The molecule has 0 aromatic carbocycles. The van der Waals surface area contributed by atoms with Crippen LogP contribution >= 0.6 is 0 Å². The second kappa shape index (κ2) is 7.94. The second-order valence-electron chi connectivity index (χ2n) is 8.40. The molecule has 0 radical (unpaired) electrons. The standard InChI is InChI=1S/C19H31N3O3S/c1-14(2)12-18(23)22-10-8-15(9-11-22)21-16-6-7-17(20-13-16)26(24,25)19(3,4)5/h6-7,13-15,21H,8-12H2,1-5H3. The van der Waals surface area contributed by atoms with Gasteiger partial charge in [-0.05, 0) is 51.7 Å². The molecular formula is C19H31N3O3S. The van der Waals surface area contributed by atoms with Gasteiger partial charge in [-0.25, -0.2) is 13.4 Å². The van der Waals surface area contributed by atoms with Crippen molar-refractivity contribution in [3.63, 3.8) is 0 Å². The van der Waals surface area contributed by atoms with Crippen LogP contribution in [0.1, 0.15) is 53.9 Å². The van der Waals surface area contributed by atoms with E-state index in [1.807, 2.05) is 4.90 Å². The Morgan fingerprint density at radius 2 is 1.88 bits per heavy atom. The van der Waals surface area contributed by atoms with Gasteiger partial charge in [-0.1, -0.05) is 13.8 Å². The average molecular weight is 382 g/mol. The highest BCUT2D eigenvalue weighted by atomic mass is 32.2. The third-order valence-corrected chi connectivity index (χ3v) is 7.02. The molecule has 1 amide bonds. The Morgan fingerprint density at radius 3 is 2.35 bits per heavy atom. The van der Waals surface area contributed by atoms with Gasteiger partial charge in [0.05, 0.1) is 16.6 Å². The Bertz CT molecular complexity index is 713. The number of nitrogens with one attached hydrogen (secondary N) is 1. The number of rotatable bonds is 5. The highest BCUT2D eigenvalue weighted by Crippen LogP contribution is 2.24. The van der Waals surface area contributed by atoms with E-state index in [2.05, 4.69) is 24.1 Å². The van der Waals surface area contributed by atoms with Crippen LogP contribution in [0.4, 0.5) is 5.69 Å². The van der Waals surface area contributed by atoms with Crippen molar-refractivity contribution in [1.29, 1.82) is 0 Å². The van der Waals surface area contributed by atoms with Gasteiger partial charge >= 0.3 is 0 Å². The van der Waals surface area contributed by atoms with Crippen LogP contribution in [0.2, 0.25) is 0 Å². The quantitative estimate of drug-likeness (QED) is 0.848. The molecule has 1 aliphatic heterocycles. The molecule has 0 bridgehead atoms. The lowest BCUT2D eigenvalue weighted by atomic mass is 10.0. The number of piperidine rings is 1. The number of sulfone groups is 1. The molecule has 0 aliphatic carbocycles. The van der Waals surface area contributed by atoms with Crippen molar-refractivity contribution < 1.29 is 13.2 Å². The van der Waals surface area contributed by atoms with E-state index >= 15 is 0 Å². The minimum Gasteiger partial charge on any atom is -0.381 e. The van der Waals surface area contributed by atoms with E-state index in [-0.39, 0.29) is 17.0 Å². The zero-order valence-corrected chi connectivity index (χ0v) is 17.3. The summed E-state index contributed by atoms with van der Waals surface area (Å²) in [6.45, 7) is 10.6. The number of hydrogen-bond acceptors (Lipinski definition) is 5. The van der Waals surface area contributed by atoms with Crippen LogP contribution in [-0.4, -0.2) is 48.1 Å². The number of nitrogens with zero attached hydrogens (tertiary/aromatic N) is 2. The van der Waals surface area contributed by atoms with E-state index in [0.29, 0.717) is 12.3 Å². The SMILES string of the molecule is CC(C)CC(=O)N1CCC(Nc2ccc(S(=O)(=O)C(C)(C)C)nc2)CC1. The summed E-state index contributed by atoms with van der Waals surface area (Å²) in [5.41, 5.74) is 0.810. The molecular weight excluding hydrogens is 350 g/mol. The van der Waals surface area contributed by atoms with Gasteiger partial charge in [0.1, 0.15) is 0 Å². The predicted octanol–water partition coefficient (Wildman–Crippen LogP) is 3.10. The van der Waals surface area contributed by atoms with Crippen LogP contribution < -0.4 is 5.32 Å². The van der Waals surface area contributed by atoms with Crippen LogP contribution in [0, 0.1) is 5.92 Å². The van der Waals surface area contributed by atoms with Crippen molar-refractivity contribution in [2.75, 3.05) is 18.4 Å². The summed E-state index contributed by atoms with van der Waals surface area (Å²) >= 11 is 0. The first kappa shape index (κ1) is 20.7. The van der Waals surface area contributed by atoms with Crippen LogP contribution in [0.5, 0.6) is 0 Å². The summed E-state index contributed by atoms with van der Waals surface area (Å²) in [4.78, 5) is 18.2. The molecule has 6 nitrogen and oxygen atoms in total. The summed E-state index contributed by atoms with van der Waals surface area (Å²) in [7, 11) is -3.44. The van der Waals surface area contributed by atoms with E-state index < -0.39 is 14.6 Å². The molecule has 0 saturated carbocycles. The number of amides is 1. The van der Waals surface area contributed by atoms with Crippen molar-refractivity contribution in [2.24, 2.45) is 5.92 Å². The van der Waals surface area contributed by atoms with E-state index in [1.165, 1.54) is 0 Å². The second-order valence-corrected chi connectivity index (χ2v) is 11.0. The predicted molar refractivity (Wildman–Crippen MR) is 104 cm³/mol. The molecule has 2 heterocycles. The molecule has 0 atom stereocenters. The Balaban J connectivity index is 1.92. The largest absolute Gasteiger partial charge is 0.381 e. The molecule has 1 aromatic heterocycles. The summed E-state index contributed by atoms with van der Waals surface area (Å²) in [6.07, 6.45) is 3.94. The molecule has 1 fully saturated rings. The van der Waals surface area contributed by atoms with Crippen molar-refractivity contribution in [1.82, 2.24) is 9.88 Å². The molecule has 1 aliphatic rings. The van der Waals surface area contributed by atoms with Gasteiger partial charge in [0.25, 0.3) is 0 Å². The fourth-order valence-electron chi connectivity index (χ4n) is 2.93. The van der Waals surface area contributed by atoms with Crippen molar-refractivity contribution in [3.05, 3.63) is 18.3 Å². The zero-order valence-electron chi connectivity index (χ0n) is 16.4. The van der Waals surface area contributed by atoms with Crippen LogP contribution in [0.15, 0.2) is 23.4 Å². The van der Waals surface area contributed by atoms with Crippen molar-refractivity contribution in [2.45, 2.75) is 69.7 Å². The molecule has 0 spiro atoms. The average Bonchev–Trinajstić information content (AvgIpc) is 2.54. The Kier molecular flexibility index (Phi) is 6.32. The molecule has 7 heteroatoms. The molecule has 2 rings (SSSR count). The maximum atomic E-state index is 12.4. The van der Waals surface area contributed by atoms with Crippen LogP contribution in [0.25, 0.3) is 0 Å². The highest BCUT2D eigenvalue weighted by Gasteiger charge is 2.32. The third kappa shape index (κ3) is 4.96. The Morgan fingerprint density at radius 1 is 1.27 bits per heavy atom. The smallest absolute Gasteiger partial charge is 0.222 e. The number of carbonyl (C=O) groups is 1. The molecule has 0 unspecified atom stereocenters. The van der Waals surface area contributed by atoms with Gasteiger partial charge in [-0.3, -0.25) is 4.79 Å². The Labute approximate surface area is 157 Å². The summed E-state index contributed by atoms with van der Waals surface area (Å²) in [5.74, 6) is 0.615. The summed E-state index contributed by atoms with van der Waals surface area (Å²) in [5, 5.41) is 3.50. The number of pyridine rings is 1. The van der Waals surface area contributed by atoms with E-state index in [9.17, 15) is 13.2 Å². The molecule has 146 valence electrons. The van der Waals surface area contributed by atoms with Crippen LogP contribution in [-0.2, 0) is 14.6 Å². The van der Waals surface area contributed by atoms with Gasteiger partial charge < -0.3 is 10.2 Å². The zero-order chi connectivity index (χ0) is 19.5. The first-order chi connectivity index (χ1) is 12.0. The number of hydrogen-bond donors (Lipinski definition) is 1. The maximum absolute atomic E-state index is 12.4.